The first-order chi connectivity index (χ1) is 15.5. The van der Waals surface area contributed by atoms with Crippen LogP contribution in [0.2, 0.25) is 10.0 Å². The molecule has 1 aromatic heterocycles. The molecule has 0 saturated carbocycles. The number of urea groups is 1. The van der Waals surface area contributed by atoms with Crippen LogP contribution in [0.3, 0.4) is 0 Å². The summed E-state index contributed by atoms with van der Waals surface area (Å²) in [4.78, 5) is 23.0. The summed E-state index contributed by atoms with van der Waals surface area (Å²) < 4.78 is 5.51. The molecule has 10 heteroatoms. The number of amides is 2. The Hall–Kier alpha value is -2.91. The summed E-state index contributed by atoms with van der Waals surface area (Å²) in [6.45, 7) is 2.69. The van der Waals surface area contributed by atoms with Crippen LogP contribution in [-0.2, 0) is 4.74 Å². The van der Waals surface area contributed by atoms with Crippen LogP contribution < -0.4 is 15.2 Å². The second-order valence-electron chi connectivity index (χ2n) is 7.03. The fourth-order valence-electron chi connectivity index (χ4n) is 3.31. The van der Waals surface area contributed by atoms with Gasteiger partial charge in [0.05, 0.1) is 34.6 Å². The van der Waals surface area contributed by atoms with Crippen LogP contribution in [0.4, 0.5) is 27.8 Å². The first-order valence-electron chi connectivity index (χ1n) is 10.0. The minimum Gasteiger partial charge on any atom is -0.379 e. The Balaban J connectivity index is 1.61. The van der Waals surface area contributed by atoms with Gasteiger partial charge in [0.25, 0.3) is 0 Å². The van der Waals surface area contributed by atoms with Gasteiger partial charge < -0.3 is 10.1 Å². The quantitative estimate of drug-likeness (QED) is 0.572. The number of carbonyl (C=O) groups excluding carboxylic acids is 1. The van der Waals surface area contributed by atoms with Gasteiger partial charge in [-0.25, -0.2) is 19.8 Å². The molecule has 8 nitrogen and oxygen atoms in total. The van der Waals surface area contributed by atoms with Crippen molar-refractivity contribution < 1.29 is 9.53 Å². The number of morpholine rings is 1. The summed E-state index contributed by atoms with van der Waals surface area (Å²) >= 11 is 12.4. The van der Waals surface area contributed by atoms with Crippen molar-refractivity contribution in [3.05, 3.63) is 71.0 Å². The number of benzene rings is 2. The second kappa shape index (κ2) is 10.1. The molecule has 4 rings (SSSR count). The van der Waals surface area contributed by atoms with Gasteiger partial charge in [0.1, 0.15) is 12.1 Å². The molecule has 0 radical (unpaired) electrons. The lowest BCUT2D eigenvalue weighted by Gasteiger charge is -2.38. The number of anilines is 4. The Morgan fingerprint density at radius 1 is 1.00 bits per heavy atom. The molecule has 1 aliphatic heterocycles. The number of hydrazine groups is 1. The van der Waals surface area contributed by atoms with Crippen molar-refractivity contribution in [2.24, 2.45) is 0 Å². The lowest BCUT2D eigenvalue weighted by atomic mass is 10.3. The number of hydrogen-bond acceptors (Lipinski definition) is 6. The summed E-state index contributed by atoms with van der Waals surface area (Å²) in [7, 11) is 1.62. The molecule has 0 spiro atoms. The first kappa shape index (κ1) is 22.3. The fraction of sp³-hybridized carbons (Fsp3) is 0.227. The Morgan fingerprint density at radius 2 is 1.66 bits per heavy atom. The summed E-state index contributed by atoms with van der Waals surface area (Å²) in [5, 5.41) is 7.63. The molecule has 0 bridgehead atoms. The Morgan fingerprint density at radius 3 is 2.34 bits per heavy atom. The van der Waals surface area contributed by atoms with Crippen molar-refractivity contribution in [1.29, 1.82) is 0 Å². The number of carbonyl (C=O) groups is 1. The topological polar surface area (TPSA) is 73.8 Å². The minimum absolute atomic E-state index is 0.348. The average molecular weight is 473 g/mol. The number of halogens is 2. The lowest BCUT2D eigenvalue weighted by Crippen LogP contribution is -2.47. The molecule has 1 aliphatic rings. The van der Waals surface area contributed by atoms with E-state index >= 15 is 0 Å². The molecule has 3 aromatic rings. The van der Waals surface area contributed by atoms with E-state index < -0.39 is 6.03 Å². The fourth-order valence-corrected chi connectivity index (χ4v) is 3.80. The van der Waals surface area contributed by atoms with Gasteiger partial charge in [-0.3, -0.25) is 9.91 Å². The van der Waals surface area contributed by atoms with Crippen LogP contribution in [0.15, 0.2) is 60.9 Å². The molecule has 0 unspecified atom stereocenters. The Labute approximate surface area is 196 Å². The van der Waals surface area contributed by atoms with Crippen LogP contribution in [0.25, 0.3) is 0 Å². The van der Waals surface area contributed by atoms with E-state index in [4.69, 9.17) is 27.9 Å². The summed E-state index contributed by atoms with van der Waals surface area (Å²) in [6.07, 6.45) is 1.44. The maximum Gasteiger partial charge on any atom is 0.327 e. The van der Waals surface area contributed by atoms with Gasteiger partial charge in [-0.05, 0) is 24.3 Å². The molecule has 1 N–H and O–H groups in total. The number of nitrogens with zero attached hydrogens (tertiary/aromatic N) is 5. The number of nitrogens with one attached hydrogen (secondary N) is 1. The van der Waals surface area contributed by atoms with E-state index in [2.05, 4.69) is 20.3 Å². The molecule has 2 aromatic carbocycles. The summed E-state index contributed by atoms with van der Waals surface area (Å²) in [5.41, 5.74) is 1.30. The third-order valence-electron chi connectivity index (χ3n) is 4.97. The third kappa shape index (κ3) is 4.94. The van der Waals surface area contributed by atoms with Gasteiger partial charge >= 0.3 is 6.03 Å². The van der Waals surface area contributed by atoms with Crippen molar-refractivity contribution in [2.45, 2.75) is 0 Å². The van der Waals surface area contributed by atoms with Gasteiger partial charge in [0.15, 0.2) is 5.82 Å². The number of para-hydroxylation sites is 2. The van der Waals surface area contributed by atoms with Gasteiger partial charge in [0.2, 0.25) is 0 Å². The van der Waals surface area contributed by atoms with Crippen molar-refractivity contribution in [2.75, 3.05) is 48.6 Å². The molecular weight excluding hydrogens is 451 g/mol. The van der Waals surface area contributed by atoms with Crippen molar-refractivity contribution in [3.8, 4) is 0 Å². The molecule has 2 amide bonds. The van der Waals surface area contributed by atoms with Gasteiger partial charge in [-0.15, -0.1) is 0 Å². The van der Waals surface area contributed by atoms with Gasteiger partial charge in [-0.1, -0.05) is 47.5 Å². The second-order valence-corrected chi connectivity index (χ2v) is 7.85. The highest BCUT2D eigenvalue weighted by atomic mass is 35.5. The number of hydrogen-bond donors (Lipinski definition) is 1. The lowest BCUT2D eigenvalue weighted by molar-refractivity contribution is 0.0375. The molecule has 0 aliphatic carbocycles. The molecule has 166 valence electrons. The van der Waals surface area contributed by atoms with E-state index in [1.54, 1.807) is 31.3 Å². The highest BCUT2D eigenvalue weighted by Crippen LogP contribution is 2.31. The SMILES string of the molecule is CN(C(=O)Nc1c(Cl)cccc1Cl)c1cc(N(c2ccccc2)N2CCOCC2)ncn1. The summed E-state index contributed by atoms with van der Waals surface area (Å²) in [6, 6.07) is 16.3. The minimum atomic E-state index is -0.428. The van der Waals surface area contributed by atoms with Gasteiger partial charge in [-0.2, -0.15) is 0 Å². The Kier molecular flexibility index (Phi) is 7.06. The zero-order valence-electron chi connectivity index (χ0n) is 17.4. The zero-order chi connectivity index (χ0) is 22.5. The predicted molar refractivity (Wildman–Crippen MR) is 127 cm³/mol. The van der Waals surface area contributed by atoms with Crippen LogP contribution >= 0.6 is 23.2 Å². The van der Waals surface area contributed by atoms with Crippen molar-refractivity contribution in [1.82, 2.24) is 15.0 Å². The predicted octanol–water partition coefficient (Wildman–Crippen LogP) is 4.84. The zero-order valence-corrected chi connectivity index (χ0v) is 18.9. The van der Waals surface area contributed by atoms with Crippen LogP contribution in [0.5, 0.6) is 0 Å². The molecule has 1 fully saturated rings. The Bertz CT molecular complexity index is 1060. The third-order valence-corrected chi connectivity index (χ3v) is 5.60. The molecular formula is C22H22Cl2N6O2. The van der Waals surface area contributed by atoms with Crippen LogP contribution in [0, 0.1) is 0 Å². The molecule has 2 heterocycles. The smallest absolute Gasteiger partial charge is 0.327 e. The molecule has 1 saturated heterocycles. The maximum atomic E-state index is 12.9. The molecule has 0 atom stereocenters. The average Bonchev–Trinajstić information content (AvgIpc) is 2.83. The van der Waals surface area contributed by atoms with Crippen LogP contribution in [-0.4, -0.2) is 54.4 Å². The van der Waals surface area contributed by atoms with Crippen molar-refractivity contribution >= 4 is 52.2 Å². The van der Waals surface area contributed by atoms with E-state index in [0.29, 0.717) is 40.6 Å². The van der Waals surface area contributed by atoms with E-state index in [9.17, 15) is 4.79 Å². The number of rotatable bonds is 5. The standard InChI is InChI=1S/C22H22Cl2N6O2/c1-28(22(31)27-21-17(23)8-5-9-18(21)24)19-14-20(26-15-25-19)30(16-6-3-2-4-7-16)29-10-12-32-13-11-29/h2-9,14-15H,10-13H2,1H3,(H,27,31). The number of ether oxygens (including phenoxy) is 1. The van der Waals surface area contributed by atoms with Crippen molar-refractivity contribution in [3.63, 3.8) is 0 Å². The first-order valence-corrected chi connectivity index (χ1v) is 10.8. The molecule has 32 heavy (non-hydrogen) atoms. The maximum absolute atomic E-state index is 12.9. The van der Waals surface area contributed by atoms with E-state index in [-0.39, 0.29) is 0 Å². The number of aromatic nitrogens is 2. The highest BCUT2D eigenvalue weighted by molar-refractivity contribution is 6.39. The normalized spacial score (nSPS) is 14.1. The van der Waals surface area contributed by atoms with Crippen LogP contribution in [0.1, 0.15) is 0 Å². The summed E-state index contributed by atoms with van der Waals surface area (Å²) in [5.74, 6) is 1.06. The highest BCUT2D eigenvalue weighted by Gasteiger charge is 2.23. The van der Waals surface area contributed by atoms with E-state index in [1.165, 1.54) is 11.2 Å². The van der Waals surface area contributed by atoms with E-state index in [1.807, 2.05) is 35.3 Å². The monoisotopic (exact) mass is 472 g/mol. The largest absolute Gasteiger partial charge is 0.379 e. The van der Waals surface area contributed by atoms with Gasteiger partial charge in [0, 0.05) is 26.2 Å². The van der Waals surface area contributed by atoms with E-state index in [0.717, 1.165) is 18.8 Å².